The third kappa shape index (κ3) is 5.01. The summed E-state index contributed by atoms with van der Waals surface area (Å²) in [5, 5.41) is 2.98. The van der Waals surface area contributed by atoms with Gasteiger partial charge in [-0.3, -0.25) is 14.9 Å². The molecule has 1 N–H and O–H groups in total. The number of imidazole rings is 1. The van der Waals surface area contributed by atoms with E-state index < -0.39 is 5.92 Å². The molecule has 4 rings (SSSR count). The number of carbonyl (C=O) groups is 2. The number of ether oxygens (including phenoxy) is 2. The summed E-state index contributed by atoms with van der Waals surface area (Å²) in [5.74, 6) is 0.376. The molecule has 1 atom stereocenters. The number of amides is 2. The number of hydrogen-bond acceptors (Lipinski definition) is 5. The van der Waals surface area contributed by atoms with E-state index in [0.29, 0.717) is 50.3 Å². The summed E-state index contributed by atoms with van der Waals surface area (Å²) in [6.07, 6.45) is 0.956. The first-order valence-electron chi connectivity index (χ1n) is 11.5. The van der Waals surface area contributed by atoms with Crippen molar-refractivity contribution in [3.63, 3.8) is 0 Å². The van der Waals surface area contributed by atoms with Crippen LogP contribution < -0.4 is 15.0 Å². The van der Waals surface area contributed by atoms with Crippen molar-refractivity contribution in [2.45, 2.75) is 33.2 Å². The number of rotatable bonds is 10. The van der Waals surface area contributed by atoms with Gasteiger partial charge in [-0.15, -0.1) is 0 Å². The molecule has 8 nitrogen and oxygen atoms in total. The molecule has 0 saturated carbocycles. The van der Waals surface area contributed by atoms with E-state index in [1.165, 1.54) is 0 Å². The van der Waals surface area contributed by atoms with Crippen LogP contribution in [0, 0.1) is 5.92 Å². The molecular weight excluding hydrogens is 420 g/mol. The minimum Gasteiger partial charge on any atom is -0.492 e. The zero-order valence-electron chi connectivity index (χ0n) is 19.1. The lowest BCUT2D eigenvalue weighted by Crippen LogP contribution is -2.29. The largest absolute Gasteiger partial charge is 0.492 e. The first-order chi connectivity index (χ1) is 16.1. The first kappa shape index (κ1) is 22.8. The Kier molecular flexibility index (Phi) is 7.24. The van der Waals surface area contributed by atoms with E-state index in [1.54, 1.807) is 4.90 Å². The Morgan fingerprint density at radius 1 is 1.12 bits per heavy atom. The quantitative estimate of drug-likeness (QED) is 0.474. The molecule has 0 radical (unpaired) electrons. The van der Waals surface area contributed by atoms with Gasteiger partial charge in [-0.05, 0) is 44.5 Å². The fourth-order valence-electron chi connectivity index (χ4n) is 4.15. The summed E-state index contributed by atoms with van der Waals surface area (Å²) in [7, 11) is 0. The maximum absolute atomic E-state index is 13.2. The second-order valence-electron chi connectivity index (χ2n) is 7.92. The van der Waals surface area contributed by atoms with E-state index in [1.807, 2.05) is 66.9 Å². The zero-order valence-corrected chi connectivity index (χ0v) is 19.1. The van der Waals surface area contributed by atoms with Crippen molar-refractivity contribution in [1.29, 1.82) is 0 Å². The number of fused-ring (bicyclic) bond motifs is 1. The van der Waals surface area contributed by atoms with Gasteiger partial charge in [-0.2, -0.15) is 0 Å². The number of benzene rings is 2. The van der Waals surface area contributed by atoms with E-state index in [4.69, 9.17) is 9.47 Å². The Labute approximate surface area is 193 Å². The molecule has 33 heavy (non-hydrogen) atoms. The van der Waals surface area contributed by atoms with Crippen LogP contribution in [0.4, 0.5) is 11.6 Å². The fourth-order valence-corrected chi connectivity index (χ4v) is 4.15. The van der Waals surface area contributed by atoms with Crippen molar-refractivity contribution in [3.8, 4) is 5.75 Å². The van der Waals surface area contributed by atoms with Crippen LogP contribution >= 0.6 is 0 Å². The SMILES string of the molecule is CCOCCCn1c(NC(=O)C2CC(=O)N(c3ccccc3OCC)C2)nc2ccccc21. The molecule has 1 aromatic heterocycles. The topological polar surface area (TPSA) is 85.7 Å². The van der Waals surface area contributed by atoms with Crippen molar-refractivity contribution in [2.24, 2.45) is 5.92 Å². The molecule has 1 aliphatic heterocycles. The molecular formula is C25H30N4O4. The molecule has 0 aliphatic carbocycles. The summed E-state index contributed by atoms with van der Waals surface area (Å²) in [6, 6.07) is 15.2. The van der Waals surface area contributed by atoms with E-state index in [0.717, 1.165) is 17.5 Å². The van der Waals surface area contributed by atoms with Crippen LogP contribution in [0.1, 0.15) is 26.7 Å². The minimum absolute atomic E-state index is 0.0903. The Bertz CT molecular complexity index is 1130. The van der Waals surface area contributed by atoms with Crippen molar-refractivity contribution < 1.29 is 19.1 Å². The predicted octanol–water partition coefficient (Wildman–Crippen LogP) is 3.85. The van der Waals surface area contributed by atoms with Crippen LogP contribution in [0.3, 0.4) is 0 Å². The van der Waals surface area contributed by atoms with Gasteiger partial charge in [0.15, 0.2) is 0 Å². The van der Waals surface area contributed by atoms with Gasteiger partial charge in [0.25, 0.3) is 0 Å². The van der Waals surface area contributed by atoms with Crippen molar-refractivity contribution in [1.82, 2.24) is 9.55 Å². The summed E-state index contributed by atoms with van der Waals surface area (Å²) in [5.41, 5.74) is 2.47. The lowest BCUT2D eigenvalue weighted by molar-refractivity contribution is -0.122. The fraction of sp³-hybridized carbons (Fsp3) is 0.400. The highest BCUT2D eigenvalue weighted by Crippen LogP contribution is 2.33. The molecule has 0 spiro atoms. The number of hydrogen-bond donors (Lipinski definition) is 1. The molecule has 1 fully saturated rings. The number of para-hydroxylation sites is 4. The predicted molar refractivity (Wildman–Crippen MR) is 128 cm³/mol. The molecule has 2 aromatic carbocycles. The third-order valence-corrected chi connectivity index (χ3v) is 5.72. The van der Waals surface area contributed by atoms with Gasteiger partial charge >= 0.3 is 0 Å². The second-order valence-corrected chi connectivity index (χ2v) is 7.92. The van der Waals surface area contributed by atoms with Crippen LogP contribution in [0.5, 0.6) is 5.75 Å². The summed E-state index contributed by atoms with van der Waals surface area (Å²) >= 11 is 0. The van der Waals surface area contributed by atoms with E-state index in [9.17, 15) is 9.59 Å². The standard InChI is InChI=1S/C25H30N4O4/c1-3-32-15-9-14-28-20-11-6-5-10-19(20)26-25(28)27-24(31)18-16-23(30)29(17-18)21-12-7-8-13-22(21)33-4-2/h5-8,10-13,18H,3-4,9,14-17H2,1-2H3,(H,26,27,31). The maximum atomic E-state index is 13.2. The molecule has 8 heteroatoms. The highest BCUT2D eigenvalue weighted by atomic mass is 16.5. The lowest BCUT2D eigenvalue weighted by Gasteiger charge is -2.20. The highest BCUT2D eigenvalue weighted by molar-refractivity contribution is 6.04. The van der Waals surface area contributed by atoms with Crippen molar-refractivity contribution in [2.75, 3.05) is 36.6 Å². The van der Waals surface area contributed by atoms with Crippen LogP contribution in [0.25, 0.3) is 11.0 Å². The Hall–Kier alpha value is -3.39. The molecule has 0 bridgehead atoms. The summed E-state index contributed by atoms with van der Waals surface area (Å²) < 4.78 is 13.1. The molecule has 2 heterocycles. The first-order valence-corrected chi connectivity index (χ1v) is 11.5. The Morgan fingerprint density at radius 3 is 2.73 bits per heavy atom. The van der Waals surface area contributed by atoms with Gasteiger partial charge in [0.1, 0.15) is 5.75 Å². The number of nitrogens with one attached hydrogen (secondary N) is 1. The van der Waals surface area contributed by atoms with Crippen LogP contribution in [-0.2, 0) is 20.9 Å². The van der Waals surface area contributed by atoms with Gasteiger partial charge in [-0.1, -0.05) is 24.3 Å². The van der Waals surface area contributed by atoms with Gasteiger partial charge < -0.3 is 18.9 Å². The normalized spacial score (nSPS) is 15.9. The molecule has 1 aliphatic rings. The van der Waals surface area contributed by atoms with Crippen LogP contribution in [0.2, 0.25) is 0 Å². The molecule has 2 amide bonds. The van der Waals surface area contributed by atoms with Gasteiger partial charge in [0, 0.05) is 32.7 Å². The Morgan fingerprint density at radius 2 is 1.91 bits per heavy atom. The van der Waals surface area contributed by atoms with Crippen molar-refractivity contribution in [3.05, 3.63) is 48.5 Å². The second kappa shape index (κ2) is 10.5. The van der Waals surface area contributed by atoms with Crippen molar-refractivity contribution >= 4 is 34.5 Å². The van der Waals surface area contributed by atoms with E-state index in [2.05, 4.69) is 10.3 Å². The third-order valence-electron chi connectivity index (χ3n) is 5.72. The van der Waals surface area contributed by atoms with Gasteiger partial charge in [0.2, 0.25) is 17.8 Å². The van der Waals surface area contributed by atoms with Crippen LogP contribution in [0.15, 0.2) is 48.5 Å². The average molecular weight is 451 g/mol. The highest BCUT2D eigenvalue weighted by Gasteiger charge is 2.36. The smallest absolute Gasteiger partial charge is 0.232 e. The maximum Gasteiger partial charge on any atom is 0.232 e. The number of nitrogens with zero attached hydrogens (tertiary/aromatic N) is 3. The van der Waals surface area contributed by atoms with Gasteiger partial charge in [0.05, 0.1) is 29.2 Å². The lowest BCUT2D eigenvalue weighted by atomic mass is 10.1. The van der Waals surface area contributed by atoms with Gasteiger partial charge in [-0.25, -0.2) is 4.98 Å². The number of carbonyl (C=O) groups excluding carboxylic acids is 2. The van der Waals surface area contributed by atoms with Crippen LogP contribution in [-0.4, -0.2) is 47.7 Å². The molecule has 1 saturated heterocycles. The molecule has 1 unspecified atom stereocenters. The summed E-state index contributed by atoms with van der Waals surface area (Å²) in [4.78, 5) is 32.2. The number of aromatic nitrogens is 2. The monoisotopic (exact) mass is 450 g/mol. The summed E-state index contributed by atoms with van der Waals surface area (Å²) in [6.45, 7) is 6.67. The Balaban J connectivity index is 1.50. The zero-order chi connectivity index (χ0) is 23.2. The number of aryl methyl sites for hydroxylation is 1. The molecule has 3 aromatic rings. The van der Waals surface area contributed by atoms with E-state index >= 15 is 0 Å². The minimum atomic E-state index is -0.469. The average Bonchev–Trinajstić information content (AvgIpc) is 3.37. The number of anilines is 2. The van der Waals surface area contributed by atoms with E-state index in [-0.39, 0.29) is 18.2 Å². The molecule has 174 valence electrons.